The van der Waals surface area contributed by atoms with Crippen molar-refractivity contribution in [2.45, 2.75) is 131 Å². The summed E-state index contributed by atoms with van der Waals surface area (Å²) in [6.07, 6.45) is 7.84. The number of hydrogen-bond acceptors (Lipinski definition) is 9. The first-order chi connectivity index (χ1) is 27.9. The number of alkyl carbamates (subject to hydrolysis) is 1. The fourth-order valence-electron chi connectivity index (χ4n) is 13.3. The van der Waals surface area contributed by atoms with Crippen LogP contribution in [0.15, 0.2) is 85.9 Å². The van der Waals surface area contributed by atoms with E-state index in [0.717, 1.165) is 56.1 Å². The van der Waals surface area contributed by atoms with Crippen molar-refractivity contribution in [1.82, 2.24) is 5.32 Å². The van der Waals surface area contributed by atoms with Crippen molar-refractivity contribution in [1.29, 1.82) is 0 Å². The zero-order chi connectivity index (χ0) is 42.2. The van der Waals surface area contributed by atoms with Crippen molar-refractivity contribution in [3.05, 3.63) is 106 Å². The summed E-state index contributed by atoms with van der Waals surface area (Å²) >= 11 is 0. The second-order valence-corrected chi connectivity index (χ2v) is 20.0. The molecule has 316 valence electrons. The fraction of sp³-hybridized carbons (Fsp3) is 0.592. The summed E-state index contributed by atoms with van der Waals surface area (Å²) in [5.74, 6) is -0.756. The monoisotopic (exact) mass is 807 g/mol. The highest BCUT2D eigenvalue weighted by Gasteiger charge is 2.71. The van der Waals surface area contributed by atoms with Gasteiger partial charge in [0.25, 0.3) is 0 Å². The van der Waals surface area contributed by atoms with E-state index in [4.69, 9.17) is 23.0 Å². The molecule has 59 heavy (non-hydrogen) atoms. The van der Waals surface area contributed by atoms with Gasteiger partial charge in [0.1, 0.15) is 0 Å². The topological polar surface area (TPSA) is 134 Å². The number of rotatable bonds is 8. The number of carbonyl (C=O) groups is 3. The Labute approximate surface area is 347 Å². The van der Waals surface area contributed by atoms with Gasteiger partial charge in [-0.2, -0.15) is 0 Å². The van der Waals surface area contributed by atoms with Crippen LogP contribution in [0, 0.1) is 51.8 Å². The fourth-order valence-corrected chi connectivity index (χ4v) is 13.3. The number of fused-ring (bicyclic) bond motifs is 7. The van der Waals surface area contributed by atoms with Gasteiger partial charge in [-0.1, -0.05) is 93.9 Å². The minimum atomic E-state index is -0.845. The van der Waals surface area contributed by atoms with Gasteiger partial charge in [-0.25, -0.2) is 9.59 Å². The summed E-state index contributed by atoms with van der Waals surface area (Å²) in [5.41, 5.74) is 0.423. The zero-order valence-corrected chi connectivity index (χ0v) is 36.0. The number of carbonyl (C=O) groups excluding carboxylic acids is 3. The van der Waals surface area contributed by atoms with Gasteiger partial charge in [0.05, 0.1) is 17.1 Å². The largest absolute Gasteiger partial charge is 0.519 e. The molecule has 5 aliphatic carbocycles. The highest BCUT2D eigenvalue weighted by Crippen LogP contribution is 2.74. The minimum Gasteiger partial charge on any atom is -0.452 e. The van der Waals surface area contributed by atoms with Crippen LogP contribution in [0.3, 0.4) is 0 Å². The molecule has 0 spiro atoms. The lowest BCUT2D eigenvalue weighted by molar-refractivity contribution is -0.195. The molecular weight excluding hydrogens is 747 g/mol. The number of benzene rings is 2. The summed E-state index contributed by atoms with van der Waals surface area (Å²) in [7, 11) is 1.67. The van der Waals surface area contributed by atoms with E-state index in [1.807, 2.05) is 73.7 Å². The minimum absolute atomic E-state index is 0.0368. The molecule has 8 rings (SSSR count). The number of aryl methyl sites for hydroxylation is 1. The normalized spacial score (nSPS) is 37.6. The zero-order valence-electron chi connectivity index (χ0n) is 36.0. The standard InChI is InChI=1S/C49H61NO9/c1-30-36(58-43(54)57-30)29-56-42(53)50-49(7)37-19-22-48(6)40(46(37,4)21-20-38(49)55-8)35(51)27-33-34-28-45(3,24-23-44(34,2)25-26-47(33,48)5)41(52)59-39(31-15-11-9-12-16-31)32-17-13-10-14-18-32/h9-18,27,34,37-40H,19-26,28-29H2,1-8H3,(H,50,53)/t34-,37+,38-,40+,44+,45-,46-,47+,48+,49-/m0/s1. The van der Waals surface area contributed by atoms with Gasteiger partial charge in [-0.3, -0.25) is 9.59 Å². The Hall–Kier alpha value is -4.44. The van der Waals surface area contributed by atoms with Crippen molar-refractivity contribution >= 4 is 17.8 Å². The van der Waals surface area contributed by atoms with Crippen LogP contribution in [0.5, 0.6) is 0 Å². The van der Waals surface area contributed by atoms with E-state index in [1.165, 1.54) is 5.57 Å². The maximum atomic E-state index is 15.1. The number of ether oxygens (including phenoxy) is 3. The number of esters is 1. The van der Waals surface area contributed by atoms with Crippen molar-refractivity contribution in [2.75, 3.05) is 7.11 Å². The van der Waals surface area contributed by atoms with Crippen LogP contribution >= 0.6 is 0 Å². The molecular formula is C49H61NO9. The lowest BCUT2D eigenvalue weighted by Gasteiger charge is -2.70. The molecule has 1 heterocycles. The molecule has 3 aromatic rings. The molecule has 4 saturated carbocycles. The first-order valence-corrected chi connectivity index (χ1v) is 21.5. The SMILES string of the molecule is CO[C@H]1CC[C@@]2(C)[C@@H](CC[C@]3(C)[C@@H]2C(=O)C=C2[C@@H]4C[C@@](C)(C(=O)OC(c5ccccc5)c5ccccc5)CC[C@]4(C)CC[C@]23C)[C@]1(C)NC(=O)OCc1oc(=O)oc1C. The molecule has 2 aromatic carbocycles. The molecule has 1 aromatic heterocycles. The van der Waals surface area contributed by atoms with E-state index >= 15 is 4.79 Å². The second-order valence-electron chi connectivity index (χ2n) is 20.0. The molecule has 4 fully saturated rings. The average molecular weight is 808 g/mol. The predicted molar refractivity (Wildman–Crippen MR) is 221 cm³/mol. The Bertz CT molecular complexity index is 2150. The van der Waals surface area contributed by atoms with E-state index in [9.17, 15) is 14.4 Å². The van der Waals surface area contributed by atoms with Crippen LogP contribution in [0.2, 0.25) is 0 Å². The summed E-state index contributed by atoms with van der Waals surface area (Å²) in [6.45, 7) is 14.8. The third-order valence-electron chi connectivity index (χ3n) is 16.9. The van der Waals surface area contributed by atoms with E-state index in [2.05, 4.69) is 39.9 Å². The van der Waals surface area contributed by atoms with Crippen LogP contribution in [-0.4, -0.2) is 36.6 Å². The molecule has 10 atom stereocenters. The van der Waals surface area contributed by atoms with E-state index < -0.39 is 34.4 Å². The van der Waals surface area contributed by atoms with Gasteiger partial charge >= 0.3 is 17.9 Å². The van der Waals surface area contributed by atoms with Crippen LogP contribution in [0.25, 0.3) is 0 Å². The molecule has 0 radical (unpaired) electrons. The number of amides is 1. The summed E-state index contributed by atoms with van der Waals surface area (Å²) in [6, 6.07) is 19.9. The quantitative estimate of drug-likeness (QED) is 0.221. The molecule has 10 nitrogen and oxygen atoms in total. The van der Waals surface area contributed by atoms with Crippen LogP contribution in [0.1, 0.15) is 128 Å². The molecule has 1 N–H and O–H groups in total. The first kappa shape index (κ1) is 41.3. The van der Waals surface area contributed by atoms with Gasteiger partial charge in [-0.05, 0) is 129 Å². The third kappa shape index (κ3) is 6.54. The van der Waals surface area contributed by atoms with Crippen molar-refractivity contribution in [3.8, 4) is 0 Å². The Kier molecular flexibility index (Phi) is 10.2. The van der Waals surface area contributed by atoms with Gasteiger partial charge in [0.2, 0.25) is 0 Å². The van der Waals surface area contributed by atoms with E-state index in [-0.39, 0.29) is 70.0 Å². The number of nitrogens with one attached hydrogen (secondary N) is 1. The molecule has 1 amide bonds. The molecule has 10 heteroatoms. The van der Waals surface area contributed by atoms with Gasteiger partial charge in [0.15, 0.2) is 30.0 Å². The second kappa shape index (κ2) is 14.6. The molecule has 0 bridgehead atoms. The van der Waals surface area contributed by atoms with Crippen molar-refractivity contribution in [2.24, 2.45) is 44.8 Å². The maximum Gasteiger partial charge on any atom is 0.519 e. The van der Waals surface area contributed by atoms with E-state index in [0.29, 0.717) is 12.8 Å². The Morgan fingerprint density at radius 1 is 0.831 bits per heavy atom. The van der Waals surface area contributed by atoms with Crippen molar-refractivity contribution < 1.29 is 37.4 Å². The number of methoxy groups -OCH3 is 1. The third-order valence-corrected chi connectivity index (χ3v) is 16.9. The highest BCUT2D eigenvalue weighted by molar-refractivity contribution is 5.96. The van der Waals surface area contributed by atoms with Crippen molar-refractivity contribution in [3.63, 3.8) is 0 Å². The lowest BCUT2D eigenvalue weighted by atomic mass is 9.34. The number of hydrogen-bond donors (Lipinski definition) is 1. The summed E-state index contributed by atoms with van der Waals surface area (Å²) in [5, 5.41) is 3.19. The first-order valence-electron chi connectivity index (χ1n) is 21.5. The predicted octanol–water partition coefficient (Wildman–Crippen LogP) is 9.83. The molecule has 0 aliphatic heterocycles. The van der Waals surface area contributed by atoms with E-state index in [1.54, 1.807) is 14.0 Å². The summed E-state index contributed by atoms with van der Waals surface area (Å²) in [4.78, 5) is 54.8. The number of allylic oxidation sites excluding steroid dienone is 2. The average Bonchev–Trinajstić information content (AvgIpc) is 3.53. The van der Waals surface area contributed by atoms with Crippen LogP contribution in [0.4, 0.5) is 4.79 Å². The smallest absolute Gasteiger partial charge is 0.452 e. The van der Waals surface area contributed by atoms with Gasteiger partial charge in [0, 0.05) is 13.0 Å². The molecule has 0 unspecified atom stereocenters. The van der Waals surface area contributed by atoms with Crippen LogP contribution < -0.4 is 11.1 Å². The van der Waals surface area contributed by atoms with Gasteiger partial charge < -0.3 is 28.4 Å². The molecule has 5 aliphatic rings. The Morgan fingerprint density at radius 2 is 1.47 bits per heavy atom. The Morgan fingerprint density at radius 3 is 2.08 bits per heavy atom. The summed E-state index contributed by atoms with van der Waals surface area (Å²) < 4.78 is 28.2. The van der Waals surface area contributed by atoms with Crippen LogP contribution in [-0.2, 0) is 30.4 Å². The molecule has 0 saturated heterocycles. The van der Waals surface area contributed by atoms with Gasteiger partial charge in [-0.15, -0.1) is 0 Å². The maximum absolute atomic E-state index is 15.1. The highest BCUT2D eigenvalue weighted by atomic mass is 16.6. The lowest BCUT2D eigenvalue weighted by Crippen LogP contribution is -2.72. The Balaban J connectivity index is 1.08. The number of ketones is 1.